The number of H-pyrrole nitrogens is 1. The Morgan fingerprint density at radius 2 is 2.21 bits per heavy atom. The molecular formula is C11H16ClN3O3S. The van der Waals surface area contributed by atoms with Crippen molar-refractivity contribution in [3.8, 4) is 0 Å². The van der Waals surface area contributed by atoms with E-state index in [2.05, 4.69) is 15.5 Å². The number of halogens is 1. The fourth-order valence-electron chi connectivity index (χ4n) is 1.95. The van der Waals surface area contributed by atoms with Crippen LogP contribution in [0.1, 0.15) is 41.9 Å². The second-order valence-electron chi connectivity index (χ2n) is 4.81. The molecule has 1 aromatic rings. The molecule has 0 unspecified atom stereocenters. The van der Waals surface area contributed by atoms with Gasteiger partial charge >= 0.3 is 0 Å². The van der Waals surface area contributed by atoms with Crippen molar-refractivity contribution in [2.75, 3.05) is 6.54 Å². The number of carbonyl (C=O) groups is 1. The molecule has 106 valence electrons. The van der Waals surface area contributed by atoms with E-state index >= 15 is 0 Å². The summed E-state index contributed by atoms with van der Waals surface area (Å²) in [6, 6.07) is 0. The fraction of sp³-hybridized carbons (Fsp3) is 0.636. The maximum atomic E-state index is 11.9. The Labute approximate surface area is 116 Å². The molecule has 0 saturated heterocycles. The summed E-state index contributed by atoms with van der Waals surface area (Å²) in [5, 5.41) is 8.84. The van der Waals surface area contributed by atoms with E-state index in [1.54, 1.807) is 0 Å². The Morgan fingerprint density at radius 1 is 1.53 bits per heavy atom. The number of amides is 1. The number of hydrogen-bond acceptors (Lipinski definition) is 4. The Hall–Kier alpha value is -1.08. The van der Waals surface area contributed by atoms with Crippen LogP contribution < -0.4 is 5.32 Å². The summed E-state index contributed by atoms with van der Waals surface area (Å²) in [5.74, 6) is 0.294. The zero-order valence-corrected chi connectivity index (χ0v) is 12.1. The predicted octanol–water partition coefficient (Wildman–Crippen LogP) is 1.57. The Kier molecular flexibility index (Phi) is 4.15. The van der Waals surface area contributed by atoms with Gasteiger partial charge < -0.3 is 5.32 Å². The first-order chi connectivity index (χ1) is 8.89. The second kappa shape index (κ2) is 5.50. The van der Waals surface area contributed by atoms with E-state index in [0.717, 1.165) is 18.8 Å². The van der Waals surface area contributed by atoms with Crippen molar-refractivity contribution in [2.24, 2.45) is 5.92 Å². The number of rotatable bonds is 6. The summed E-state index contributed by atoms with van der Waals surface area (Å²) < 4.78 is 22.8. The van der Waals surface area contributed by atoms with Gasteiger partial charge in [-0.1, -0.05) is 12.8 Å². The molecule has 19 heavy (non-hydrogen) atoms. The van der Waals surface area contributed by atoms with Gasteiger partial charge in [-0.15, -0.1) is 0 Å². The smallest absolute Gasteiger partial charge is 0.273 e. The molecular weight excluding hydrogens is 290 g/mol. The molecule has 1 heterocycles. The van der Waals surface area contributed by atoms with Crippen LogP contribution in [0.4, 0.5) is 0 Å². The summed E-state index contributed by atoms with van der Waals surface area (Å²) in [7, 11) is 1.32. The van der Waals surface area contributed by atoms with Crippen molar-refractivity contribution in [1.82, 2.24) is 15.5 Å². The van der Waals surface area contributed by atoms with Crippen LogP contribution in [0.25, 0.3) is 0 Å². The van der Waals surface area contributed by atoms with Gasteiger partial charge in [0.1, 0.15) is 4.90 Å². The molecule has 0 radical (unpaired) electrons. The molecule has 1 amide bonds. The van der Waals surface area contributed by atoms with Crippen molar-refractivity contribution < 1.29 is 13.2 Å². The second-order valence-corrected chi connectivity index (χ2v) is 7.31. The molecule has 0 aromatic carbocycles. The molecule has 1 saturated carbocycles. The summed E-state index contributed by atoms with van der Waals surface area (Å²) >= 11 is 0. The highest BCUT2D eigenvalue weighted by atomic mass is 35.7. The van der Waals surface area contributed by atoms with Gasteiger partial charge in [-0.2, -0.15) is 5.10 Å². The zero-order chi connectivity index (χ0) is 14.0. The largest absolute Gasteiger partial charge is 0.351 e. The maximum absolute atomic E-state index is 11.9. The Balaban J connectivity index is 1.98. The third kappa shape index (κ3) is 3.70. The monoisotopic (exact) mass is 305 g/mol. The lowest BCUT2D eigenvalue weighted by atomic mass is 10.2. The van der Waals surface area contributed by atoms with Gasteiger partial charge in [0.25, 0.3) is 15.0 Å². The quantitative estimate of drug-likeness (QED) is 0.616. The average Bonchev–Trinajstić information content (AvgIpc) is 3.04. The first-order valence-corrected chi connectivity index (χ1v) is 8.48. The third-order valence-corrected chi connectivity index (χ3v) is 4.57. The predicted molar refractivity (Wildman–Crippen MR) is 70.7 cm³/mol. The summed E-state index contributed by atoms with van der Waals surface area (Å²) in [6.07, 6.45) is 4.55. The SMILES string of the molecule is Cc1[nH]nc(C(=O)NCCCC2CC2)c1S(=O)(=O)Cl. The minimum absolute atomic E-state index is 0.168. The van der Waals surface area contributed by atoms with Gasteiger partial charge in [-0.3, -0.25) is 9.89 Å². The van der Waals surface area contributed by atoms with Crippen LogP contribution in [-0.4, -0.2) is 31.1 Å². The van der Waals surface area contributed by atoms with Crippen LogP contribution in [0.5, 0.6) is 0 Å². The lowest BCUT2D eigenvalue weighted by Gasteiger charge is -2.03. The summed E-state index contributed by atoms with van der Waals surface area (Å²) in [4.78, 5) is 11.6. The van der Waals surface area contributed by atoms with Gasteiger partial charge in [-0.25, -0.2) is 8.42 Å². The molecule has 8 heteroatoms. The molecule has 0 bridgehead atoms. The van der Waals surface area contributed by atoms with Crippen LogP contribution >= 0.6 is 10.7 Å². The van der Waals surface area contributed by atoms with Crippen molar-refractivity contribution in [2.45, 2.75) is 37.5 Å². The normalized spacial score (nSPS) is 15.5. The van der Waals surface area contributed by atoms with E-state index in [1.165, 1.54) is 19.8 Å². The number of hydrogen-bond donors (Lipinski definition) is 2. The van der Waals surface area contributed by atoms with Crippen molar-refractivity contribution in [3.05, 3.63) is 11.4 Å². The van der Waals surface area contributed by atoms with Crippen molar-refractivity contribution >= 4 is 25.6 Å². The molecule has 1 aliphatic rings. The highest BCUT2D eigenvalue weighted by molar-refractivity contribution is 8.13. The minimum atomic E-state index is -3.98. The summed E-state index contributed by atoms with van der Waals surface area (Å²) in [5.41, 5.74) is 0.0945. The van der Waals surface area contributed by atoms with Crippen LogP contribution in [0.3, 0.4) is 0 Å². The van der Waals surface area contributed by atoms with E-state index in [1.807, 2.05) is 0 Å². The molecule has 0 atom stereocenters. The van der Waals surface area contributed by atoms with E-state index in [9.17, 15) is 13.2 Å². The fourth-order valence-corrected chi connectivity index (χ4v) is 3.30. The molecule has 1 aliphatic carbocycles. The molecule has 0 aliphatic heterocycles. The molecule has 2 rings (SSSR count). The number of aryl methyl sites for hydroxylation is 1. The number of aromatic nitrogens is 2. The number of nitrogens with one attached hydrogen (secondary N) is 2. The lowest BCUT2D eigenvalue weighted by Crippen LogP contribution is -2.26. The summed E-state index contributed by atoms with van der Waals surface area (Å²) in [6.45, 7) is 2.02. The maximum Gasteiger partial charge on any atom is 0.273 e. The van der Waals surface area contributed by atoms with Gasteiger partial charge in [0.05, 0.1) is 5.69 Å². The van der Waals surface area contributed by atoms with Crippen molar-refractivity contribution in [3.63, 3.8) is 0 Å². The van der Waals surface area contributed by atoms with Crippen LogP contribution in [0.2, 0.25) is 0 Å². The molecule has 6 nitrogen and oxygen atoms in total. The van der Waals surface area contributed by atoms with Crippen LogP contribution in [0.15, 0.2) is 4.90 Å². The third-order valence-electron chi connectivity index (χ3n) is 3.12. The first-order valence-electron chi connectivity index (χ1n) is 6.17. The highest BCUT2D eigenvalue weighted by Gasteiger charge is 2.26. The van der Waals surface area contributed by atoms with Gasteiger partial charge in [-0.05, 0) is 25.7 Å². The van der Waals surface area contributed by atoms with E-state index < -0.39 is 15.0 Å². The molecule has 0 spiro atoms. The van der Waals surface area contributed by atoms with Crippen LogP contribution in [-0.2, 0) is 9.05 Å². The molecule has 1 aromatic heterocycles. The Morgan fingerprint density at radius 3 is 2.79 bits per heavy atom. The topological polar surface area (TPSA) is 91.9 Å². The average molecular weight is 306 g/mol. The minimum Gasteiger partial charge on any atom is -0.351 e. The van der Waals surface area contributed by atoms with E-state index in [4.69, 9.17) is 10.7 Å². The number of nitrogens with zero attached hydrogens (tertiary/aromatic N) is 1. The molecule has 2 N–H and O–H groups in total. The lowest BCUT2D eigenvalue weighted by molar-refractivity contribution is 0.0944. The van der Waals surface area contributed by atoms with Gasteiger partial charge in [0.2, 0.25) is 0 Å². The van der Waals surface area contributed by atoms with Gasteiger partial charge in [0, 0.05) is 17.2 Å². The van der Waals surface area contributed by atoms with Gasteiger partial charge in [0.15, 0.2) is 5.69 Å². The number of aromatic amines is 1. The number of carbonyl (C=O) groups excluding carboxylic acids is 1. The first kappa shape index (κ1) is 14.3. The van der Waals surface area contributed by atoms with Crippen LogP contribution in [0, 0.1) is 12.8 Å². The van der Waals surface area contributed by atoms with E-state index in [0.29, 0.717) is 6.54 Å². The Bertz CT molecular complexity index is 578. The van der Waals surface area contributed by atoms with E-state index in [-0.39, 0.29) is 16.3 Å². The standard InChI is InChI=1S/C11H16ClN3O3S/c1-7-10(19(12,17)18)9(15-14-7)11(16)13-6-2-3-8-4-5-8/h8H,2-6H2,1H3,(H,13,16)(H,14,15). The zero-order valence-electron chi connectivity index (χ0n) is 10.6. The molecule has 1 fully saturated rings. The van der Waals surface area contributed by atoms with Crippen molar-refractivity contribution in [1.29, 1.82) is 0 Å². The highest BCUT2D eigenvalue weighted by Crippen LogP contribution is 2.33.